The molecule has 0 aliphatic heterocycles. The summed E-state index contributed by atoms with van der Waals surface area (Å²) in [4.78, 5) is 15.7. The zero-order chi connectivity index (χ0) is 19.5. The van der Waals surface area contributed by atoms with Gasteiger partial charge >= 0.3 is 0 Å². The van der Waals surface area contributed by atoms with E-state index in [1.165, 1.54) is 17.7 Å². The first-order chi connectivity index (χ1) is 12.1. The van der Waals surface area contributed by atoms with Crippen molar-refractivity contribution in [3.63, 3.8) is 0 Å². The molecule has 0 atom stereocenters. The highest BCUT2D eigenvalue weighted by molar-refractivity contribution is 7.91. The number of nitrogens with one attached hydrogen (secondary N) is 1. The second kappa shape index (κ2) is 8.02. The van der Waals surface area contributed by atoms with Gasteiger partial charge in [0.1, 0.15) is 16.5 Å². The summed E-state index contributed by atoms with van der Waals surface area (Å²) in [7, 11) is -3.51. The minimum Gasteiger partial charge on any atom is -0.386 e. The van der Waals surface area contributed by atoms with E-state index in [9.17, 15) is 13.2 Å². The molecule has 0 saturated heterocycles. The Labute approximate surface area is 159 Å². The van der Waals surface area contributed by atoms with Crippen molar-refractivity contribution in [1.29, 1.82) is 0 Å². The maximum atomic E-state index is 12.1. The van der Waals surface area contributed by atoms with Crippen LogP contribution in [0, 0.1) is 13.8 Å². The molecule has 0 aromatic carbocycles. The Hall–Kier alpha value is -2.17. The van der Waals surface area contributed by atoms with Crippen molar-refractivity contribution < 1.29 is 17.7 Å². The van der Waals surface area contributed by atoms with Crippen LogP contribution in [0.1, 0.15) is 26.7 Å². The van der Waals surface area contributed by atoms with Crippen LogP contribution in [0.25, 0.3) is 0 Å². The van der Waals surface area contributed by atoms with E-state index < -0.39 is 15.7 Å². The summed E-state index contributed by atoms with van der Waals surface area (Å²) in [6.45, 7) is 4.12. The van der Waals surface area contributed by atoms with Crippen LogP contribution in [0.5, 0.6) is 0 Å². The number of sulfone groups is 1. The van der Waals surface area contributed by atoms with E-state index in [1.54, 1.807) is 0 Å². The number of hydrogen-bond donors (Lipinski definition) is 2. The molecule has 0 radical (unpaired) electrons. The van der Waals surface area contributed by atoms with Gasteiger partial charge in [-0.05, 0) is 19.9 Å². The molecule has 2 aromatic rings. The van der Waals surface area contributed by atoms with E-state index in [0.29, 0.717) is 12.3 Å². The minimum absolute atomic E-state index is 0.0205. The van der Waals surface area contributed by atoms with Gasteiger partial charge in [0.15, 0.2) is 9.84 Å². The Balaban J connectivity index is 2.03. The molecule has 2 rings (SSSR count). The Bertz CT molecular complexity index is 970. The monoisotopic (exact) mass is 416 g/mol. The Kier molecular flexibility index (Phi) is 6.21. The summed E-state index contributed by atoms with van der Waals surface area (Å²) in [6, 6.07) is 0. The van der Waals surface area contributed by atoms with E-state index in [2.05, 4.69) is 15.5 Å². The number of nitrogens with two attached hydrogens (primary N) is 1. The van der Waals surface area contributed by atoms with Gasteiger partial charge in [0.05, 0.1) is 15.6 Å². The van der Waals surface area contributed by atoms with Crippen LogP contribution in [-0.2, 0) is 16.4 Å². The Morgan fingerprint density at radius 2 is 2.19 bits per heavy atom. The number of rotatable bonds is 6. The van der Waals surface area contributed by atoms with E-state index in [4.69, 9.17) is 21.9 Å². The van der Waals surface area contributed by atoms with Gasteiger partial charge in [-0.1, -0.05) is 16.8 Å². The third-order valence-electron chi connectivity index (χ3n) is 3.36. The number of carbonyl (C=O) groups excluding carboxylic acids is 1. The molecule has 2 heterocycles. The Morgan fingerprint density at radius 3 is 2.73 bits per heavy atom. The van der Waals surface area contributed by atoms with Crippen molar-refractivity contribution in [3.8, 4) is 0 Å². The van der Waals surface area contributed by atoms with Gasteiger partial charge in [0.25, 0.3) is 5.91 Å². The predicted molar refractivity (Wildman–Crippen MR) is 100 cm³/mol. The lowest BCUT2D eigenvalue weighted by Gasteiger charge is -2.00. The van der Waals surface area contributed by atoms with Gasteiger partial charge in [-0.15, -0.1) is 11.3 Å². The molecule has 0 saturated carbocycles. The number of amidine groups is 1. The van der Waals surface area contributed by atoms with Gasteiger partial charge < -0.3 is 15.6 Å². The number of carbonyl (C=O) groups is 1. The zero-order valence-electron chi connectivity index (χ0n) is 14.2. The first kappa shape index (κ1) is 20.1. The normalized spacial score (nSPS) is 12.7. The number of aryl methyl sites for hydroxylation is 2. The summed E-state index contributed by atoms with van der Waals surface area (Å²) in [5, 5.41) is 8.00. The molecular formula is C15H17ClN4O4S2. The minimum atomic E-state index is -3.51. The van der Waals surface area contributed by atoms with Crippen molar-refractivity contribution in [2.45, 2.75) is 25.3 Å². The van der Waals surface area contributed by atoms with E-state index in [0.717, 1.165) is 28.8 Å². The number of nitrogens with zero attached hydrogens (tertiary/aromatic N) is 2. The molecule has 0 fully saturated rings. The highest BCUT2D eigenvalue weighted by Gasteiger charge is 2.22. The van der Waals surface area contributed by atoms with Crippen molar-refractivity contribution >= 4 is 44.5 Å². The van der Waals surface area contributed by atoms with Crippen LogP contribution < -0.4 is 11.1 Å². The van der Waals surface area contributed by atoms with Gasteiger partial charge in [-0.25, -0.2) is 8.42 Å². The van der Waals surface area contributed by atoms with Crippen LogP contribution in [-0.4, -0.2) is 31.6 Å². The molecule has 1 amide bonds. The summed E-state index contributed by atoms with van der Waals surface area (Å²) >= 11 is 6.86. The van der Waals surface area contributed by atoms with Crippen LogP contribution in [0.3, 0.4) is 0 Å². The maximum absolute atomic E-state index is 12.1. The molecular weight excluding hydrogens is 400 g/mol. The third kappa shape index (κ3) is 4.71. The fourth-order valence-corrected chi connectivity index (χ4v) is 4.78. The number of amides is 1. The third-order valence-corrected chi connectivity index (χ3v) is 6.21. The molecule has 26 heavy (non-hydrogen) atoms. The van der Waals surface area contributed by atoms with Gasteiger partial charge in [0, 0.05) is 29.9 Å². The van der Waals surface area contributed by atoms with Crippen LogP contribution in [0.15, 0.2) is 32.1 Å². The highest BCUT2D eigenvalue weighted by atomic mass is 35.5. The molecule has 3 N–H and O–H groups in total. The molecule has 2 aromatic heterocycles. The van der Waals surface area contributed by atoms with Crippen LogP contribution in [0.4, 0.5) is 0 Å². The number of halogens is 1. The van der Waals surface area contributed by atoms with Gasteiger partial charge in [0.2, 0.25) is 0 Å². The lowest BCUT2D eigenvalue weighted by Crippen LogP contribution is -2.13. The number of thiophene rings is 1. The average molecular weight is 417 g/mol. The number of hydrogen-bond acceptors (Lipinski definition) is 7. The molecule has 0 spiro atoms. The fourth-order valence-electron chi connectivity index (χ4n) is 1.99. The SMILES string of the molecule is Cc1noc(C)c1CN/C=C\C(N)=NC(=O)c1scc(S(C)(=O)=O)c1Cl. The van der Waals surface area contributed by atoms with Crippen LogP contribution in [0.2, 0.25) is 5.02 Å². The quantitative estimate of drug-likeness (QED) is 0.545. The second-order valence-corrected chi connectivity index (χ2v) is 8.62. The highest BCUT2D eigenvalue weighted by Crippen LogP contribution is 2.31. The van der Waals surface area contributed by atoms with E-state index in [1.807, 2.05) is 13.8 Å². The average Bonchev–Trinajstić information content (AvgIpc) is 3.07. The standard InChI is InChI=1S/C15H17ClN4O4S2/c1-8-10(9(2)24-20-8)6-18-5-4-12(17)19-15(21)14-13(16)11(7-25-14)26(3,22)23/h4-5,7,18H,6H2,1-3H3,(H2,17,19,21)/b5-4-. The first-order valence-corrected chi connectivity index (χ1v) is 10.4. The molecule has 140 valence electrons. The molecule has 0 aliphatic rings. The summed E-state index contributed by atoms with van der Waals surface area (Å²) in [5.74, 6) is -0.0383. The topological polar surface area (TPSA) is 128 Å². The molecule has 0 bridgehead atoms. The summed E-state index contributed by atoms with van der Waals surface area (Å²) < 4.78 is 28.2. The van der Waals surface area contributed by atoms with Gasteiger partial charge in [-0.3, -0.25) is 4.79 Å². The van der Waals surface area contributed by atoms with E-state index in [-0.39, 0.29) is 20.6 Å². The molecule has 0 aliphatic carbocycles. The fraction of sp³-hybridized carbons (Fsp3) is 0.267. The molecule has 0 unspecified atom stereocenters. The zero-order valence-corrected chi connectivity index (χ0v) is 16.6. The molecule has 11 heteroatoms. The Morgan fingerprint density at radius 1 is 1.50 bits per heavy atom. The summed E-state index contributed by atoms with van der Waals surface area (Å²) in [5.41, 5.74) is 7.41. The number of aromatic nitrogens is 1. The molecule has 8 nitrogen and oxygen atoms in total. The van der Waals surface area contributed by atoms with Crippen molar-refractivity contribution in [2.75, 3.05) is 6.26 Å². The summed E-state index contributed by atoms with van der Waals surface area (Å²) in [6.07, 6.45) is 3.96. The van der Waals surface area contributed by atoms with Crippen molar-refractivity contribution in [2.24, 2.45) is 10.7 Å². The van der Waals surface area contributed by atoms with Gasteiger partial charge in [-0.2, -0.15) is 4.99 Å². The lowest BCUT2D eigenvalue weighted by atomic mass is 10.2. The van der Waals surface area contributed by atoms with Crippen molar-refractivity contribution in [3.05, 3.63) is 44.6 Å². The number of aliphatic imine (C=N–C) groups is 1. The van der Waals surface area contributed by atoms with E-state index >= 15 is 0 Å². The predicted octanol–water partition coefficient (Wildman–Crippen LogP) is 2.21. The smallest absolute Gasteiger partial charge is 0.290 e. The second-order valence-electron chi connectivity index (χ2n) is 5.37. The maximum Gasteiger partial charge on any atom is 0.290 e. The largest absolute Gasteiger partial charge is 0.386 e. The first-order valence-electron chi connectivity index (χ1n) is 7.28. The lowest BCUT2D eigenvalue weighted by molar-refractivity contribution is 0.101. The van der Waals surface area contributed by atoms with Crippen LogP contribution >= 0.6 is 22.9 Å². The van der Waals surface area contributed by atoms with Crippen molar-refractivity contribution in [1.82, 2.24) is 10.5 Å².